The number of carbonyl (C=O) groups excluding carboxylic acids is 1. The number of carboxylic acid groups (broad SMARTS) is 1. The standard InChI is InChI=1S/C40H62O7/c1-3-5-7-9-11-12-13-14-15-16-17-18-19-21-27-33-37(42)39(45)40(46)47-36(31-25-20-10-8-6-4-2)32-26-23-22-24-29-35(41)30-28-34-38(43)44/h17-27,29,32-33,35-36,41-42,45H,3-16,28,30-31,34H2,1-2H3,(H,43,44)/b18-17+,21-19+,23-22-,25-20-,29-24+,32-26+,33-27+,39-37+/t35-,36-/m1/s1. The highest BCUT2D eigenvalue weighted by molar-refractivity contribution is 5.87. The normalized spacial score (nSPS) is 14.5. The van der Waals surface area contributed by atoms with Gasteiger partial charge in [-0.2, -0.15) is 0 Å². The first-order valence-corrected chi connectivity index (χ1v) is 17.7. The third-order valence-corrected chi connectivity index (χ3v) is 7.28. The van der Waals surface area contributed by atoms with E-state index in [0.717, 1.165) is 32.1 Å². The van der Waals surface area contributed by atoms with E-state index in [1.54, 1.807) is 48.6 Å². The Morgan fingerprint density at radius 1 is 0.617 bits per heavy atom. The number of aliphatic hydroxyl groups is 3. The van der Waals surface area contributed by atoms with Gasteiger partial charge in [0.2, 0.25) is 5.76 Å². The van der Waals surface area contributed by atoms with Gasteiger partial charge < -0.3 is 25.2 Å². The summed E-state index contributed by atoms with van der Waals surface area (Å²) in [6, 6.07) is 0. The van der Waals surface area contributed by atoms with Crippen molar-refractivity contribution in [3.05, 3.63) is 96.6 Å². The number of ether oxygens (including phenoxy) is 1. The molecular weight excluding hydrogens is 592 g/mol. The summed E-state index contributed by atoms with van der Waals surface area (Å²) in [4.78, 5) is 23.1. The summed E-state index contributed by atoms with van der Waals surface area (Å²) in [5, 5.41) is 39.0. The van der Waals surface area contributed by atoms with Crippen LogP contribution < -0.4 is 0 Å². The van der Waals surface area contributed by atoms with Crippen LogP contribution in [0.25, 0.3) is 0 Å². The Labute approximate surface area is 284 Å². The maximum atomic E-state index is 12.6. The fourth-order valence-corrected chi connectivity index (χ4v) is 4.49. The Bertz CT molecular complexity index is 1040. The number of rotatable bonds is 29. The molecule has 0 radical (unpaired) electrons. The zero-order valence-corrected chi connectivity index (χ0v) is 29.0. The summed E-state index contributed by atoms with van der Waals surface area (Å²) >= 11 is 0. The minimum Gasteiger partial charge on any atom is -0.504 e. The summed E-state index contributed by atoms with van der Waals surface area (Å²) in [5.41, 5.74) is 0. The lowest BCUT2D eigenvalue weighted by atomic mass is 10.1. The molecule has 0 aromatic rings. The van der Waals surface area contributed by atoms with Crippen molar-refractivity contribution in [3.8, 4) is 0 Å². The predicted octanol–water partition coefficient (Wildman–Crippen LogP) is 10.6. The molecule has 0 bridgehead atoms. The van der Waals surface area contributed by atoms with Crippen LogP contribution in [0.4, 0.5) is 0 Å². The van der Waals surface area contributed by atoms with E-state index in [9.17, 15) is 24.9 Å². The average Bonchev–Trinajstić information content (AvgIpc) is 3.05. The van der Waals surface area contributed by atoms with Gasteiger partial charge >= 0.3 is 11.9 Å². The first-order valence-electron chi connectivity index (χ1n) is 17.7. The van der Waals surface area contributed by atoms with Crippen molar-refractivity contribution in [1.82, 2.24) is 0 Å². The van der Waals surface area contributed by atoms with E-state index in [-0.39, 0.29) is 6.42 Å². The van der Waals surface area contributed by atoms with Crippen LogP contribution in [-0.4, -0.2) is 44.6 Å². The highest BCUT2D eigenvalue weighted by Crippen LogP contribution is 2.12. The fourth-order valence-electron chi connectivity index (χ4n) is 4.49. The molecule has 0 saturated carbocycles. The minimum atomic E-state index is -1.03. The van der Waals surface area contributed by atoms with Crippen molar-refractivity contribution in [1.29, 1.82) is 0 Å². The molecule has 0 saturated heterocycles. The van der Waals surface area contributed by atoms with E-state index in [2.05, 4.69) is 19.9 Å². The molecule has 7 heteroatoms. The third kappa shape index (κ3) is 29.6. The third-order valence-electron chi connectivity index (χ3n) is 7.28. The van der Waals surface area contributed by atoms with Crippen LogP contribution in [0.3, 0.4) is 0 Å². The summed E-state index contributed by atoms with van der Waals surface area (Å²) in [6.07, 6.45) is 41.2. The van der Waals surface area contributed by atoms with Crippen molar-refractivity contribution in [2.75, 3.05) is 0 Å². The van der Waals surface area contributed by atoms with Crippen molar-refractivity contribution >= 4 is 11.9 Å². The van der Waals surface area contributed by atoms with Crippen LogP contribution in [0.1, 0.15) is 129 Å². The number of unbranched alkanes of at least 4 members (excludes halogenated alkanes) is 12. The van der Waals surface area contributed by atoms with Gasteiger partial charge in [0.05, 0.1) is 6.10 Å². The van der Waals surface area contributed by atoms with Crippen LogP contribution in [0.2, 0.25) is 0 Å². The molecule has 0 aromatic carbocycles. The molecule has 0 aliphatic rings. The zero-order chi connectivity index (χ0) is 34.8. The lowest BCUT2D eigenvalue weighted by Crippen LogP contribution is -2.18. The number of allylic oxidation sites excluding steroid dienone is 11. The number of hydrogen-bond acceptors (Lipinski definition) is 6. The van der Waals surface area contributed by atoms with Crippen molar-refractivity contribution in [2.24, 2.45) is 0 Å². The molecule has 0 rings (SSSR count). The number of esters is 1. The van der Waals surface area contributed by atoms with E-state index in [1.807, 2.05) is 24.3 Å². The second-order valence-corrected chi connectivity index (χ2v) is 11.7. The molecule has 2 atom stereocenters. The van der Waals surface area contributed by atoms with Gasteiger partial charge in [0.1, 0.15) is 6.10 Å². The van der Waals surface area contributed by atoms with Gasteiger partial charge in [-0.05, 0) is 50.7 Å². The Balaban J connectivity index is 4.85. The van der Waals surface area contributed by atoms with Crippen LogP contribution in [0, 0.1) is 0 Å². The highest BCUT2D eigenvalue weighted by atomic mass is 16.6. The number of carbonyl (C=O) groups is 2. The van der Waals surface area contributed by atoms with Crippen molar-refractivity contribution in [3.63, 3.8) is 0 Å². The summed E-state index contributed by atoms with van der Waals surface area (Å²) in [6.45, 7) is 4.39. The smallest absolute Gasteiger partial charge is 0.377 e. The van der Waals surface area contributed by atoms with Gasteiger partial charge in [-0.1, -0.05) is 151 Å². The maximum absolute atomic E-state index is 12.6. The molecule has 0 aliphatic heterocycles. The zero-order valence-electron chi connectivity index (χ0n) is 29.0. The highest BCUT2D eigenvalue weighted by Gasteiger charge is 2.17. The van der Waals surface area contributed by atoms with Gasteiger partial charge in [0.15, 0.2) is 5.76 Å². The van der Waals surface area contributed by atoms with E-state index in [0.29, 0.717) is 19.3 Å². The predicted molar refractivity (Wildman–Crippen MR) is 194 cm³/mol. The maximum Gasteiger partial charge on any atom is 0.377 e. The van der Waals surface area contributed by atoms with E-state index >= 15 is 0 Å². The summed E-state index contributed by atoms with van der Waals surface area (Å²) in [5.74, 6) is -3.36. The Morgan fingerprint density at radius 2 is 1.17 bits per heavy atom. The Kier molecular flexibility index (Phi) is 29.9. The van der Waals surface area contributed by atoms with Crippen LogP contribution >= 0.6 is 0 Å². The van der Waals surface area contributed by atoms with Crippen LogP contribution in [0.5, 0.6) is 0 Å². The van der Waals surface area contributed by atoms with Gasteiger partial charge in [0, 0.05) is 12.8 Å². The van der Waals surface area contributed by atoms with Gasteiger partial charge in [0.25, 0.3) is 0 Å². The first-order chi connectivity index (χ1) is 22.8. The first kappa shape index (κ1) is 43.4. The molecule has 0 unspecified atom stereocenters. The fraction of sp³-hybridized carbons (Fsp3) is 0.550. The van der Waals surface area contributed by atoms with Gasteiger partial charge in [-0.3, -0.25) is 4.79 Å². The molecule has 0 fully saturated rings. The van der Waals surface area contributed by atoms with E-state index < -0.39 is 35.7 Å². The van der Waals surface area contributed by atoms with E-state index in [4.69, 9.17) is 9.84 Å². The molecule has 4 N–H and O–H groups in total. The molecule has 0 heterocycles. The molecule has 0 aromatic heterocycles. The Hall–Kier alpha value is -3.58. The molecular formula is C40H62O7. The lowest BCUT2D eigenvalue weighted by Gasteiger charge is -2.12. The van der Waals surface area contributed by atoms with Crippen LogP contribution in [0.15, 0.2) is 96.6 Å². The van der Waals surface area contributed by atoms with Crippen LogP contribution in [-0.2, 0) is 14.3 Å². The summed E-state index contributed by atoms with van der Waals surface area (Å²) < 4.78 is 5.45. The topological polar surface area (TPSA) is 124 Å². The summed E-state index contributed by atoms with van der Waals surface area (Å²) in [7, 11) is 0. The SMILES string of the molecule is CCCCC/C=C\C[C@H](/C=C/C=C\C=C\[C@@H](O)CCCC(=O)O)OC(=O)/C(O)=C(O)/C=C/C=C/C=C/CCCCCCCCCCC. The monoisotopic (exact) mass is 654 g/mol. The molecule has 264 valence electrons. The minimum absolute atomic E-state index is 0.0175. The molecule has 7 nitrogen and oxygen atoms in total. The molecule has 47 heavy (non-hydrogen) atoms. The van der Waals surface area contributed by atoms with Gasteiger partial charge in [-0.15, -0.1) is 0 Å². The Morgan fingerprint density at radius 3 is 1.85 bits per heavy atom. The molecule has 0 spiro atoms. The van der Waals surface area contributed by atoms with Crippen molar-refractivity contribution in [2.45, 2.75) is 142 Å². The quantitative estimate of drug-likeness (QED) is 0.0158. The number of carboxylic acids is 1. The second kappa shape index (κ2) is 32.4. The van der Waals surface area contributed by atoms with Gasteiger partial charge in [-0.25, -0.2) is 4.79 Å². The molecule has 0 amide bonds. The largest absolute Gasteiger partial charge is 0.504 e. The second-order valence-electron chi connectivity index (χ2n) is 11.7. The van der Waals surface area contributed by atoms with Crippen molar-refractivity contribution < 1.29 is 34.8 Å². The number of aliphatic hydroxyl groups excluding tert-OH is 3. The van der Waals surface area contributed by atoms with E-state index in [1.165, 1.54) is 63.9 Å². The average molecular weight is 655 g/mol. The number of aliphatic carboxylic acids is 1. The lowest BCUT2D eigenvalue weighted by molar-refractivity contribution is -0.145. The molecule has 0 aliphatic carbocycles. The number of hydrogen-bond donors (Lipinski definition) is 4.